The second-order valence-corrected chi connectivity index (χ2v) is 11.5. The van der Waals surface area contributed by atoms with E-state index in [1.54, 1.807) is 0 Å². The molecule has 1 aromatic heterocycles. The zero-order chi connectivity index (χ0) is 23.1. The molecule has 2 aliphatic rings. The van der Waals surface area contributed by atoms with Crippen LogP contribution >= 0.6 is 7.14 Å². The summed E-state index contributed by atoms with van der Waals surface area (Å²) in [6, 6.07) is 33.3. The first kappa shape index (κ1) is 19.1. The van der Waals surface area contributed by atoms with Gasteiger partial charge in [0.2, 0.25) is 0 Å². The van der Waals surface area contributed by atoms with E-state index in [0.29, 0.717) is 38.9 Å². The number of benzene rings is 5. The van der Waals surface area contributed by atoms with E-state index < -0.39 is 7.14 Å². The van der Waals surface area contributed by atoms with E-state index in [0.717, 1.165) is 33.1 Å². The molecule has 0 radical (unpaired) electrons. The van der Waals surface area contributed by atoms with Gasteiger partial charge >= 0.3 is 0 Å². The molecule has 6 aromatic rings. The highest BCUT2D eigenvalue weighted by Gasteiger charge is 2.46. The molecule has 0 saturated carbocycles. The largest absolute Gasteiger partial charge is 0.456 e. The Morgan fingerprint density at radius 1 is 0.571 bits per heavy atom. The minimum absolute atomic E-state index is 0.579. The van der Waals surface area contributed by atoms with Gasteiger partial charge in [-0.1, -0.05) is 48.5 Å². The van der Waals surface area contributed by atoms with Gasteiger partial charge in [0, 0.05) is 16.3 Å². The predicted molar refractivity (Wildman–Crippen MR) is 139 cm³/mol. The van der Waals surface area contributed by atoms with E-state index in [1.807, 2.05) is 91.0 Å². The summed E-state index contributed by atoms with van der Waals surface area (Å²) in [5, 5.41) is 4.13. The summed E-state index contributed by atoms with van der Waals surface area (Å²) in [6.45, 7) is 0. The standard InChI is InChI=1S/C30H17O4P/c31-35-27-11-5-3-9-24(27)33-26-16-14-19(29(30(26)35)34-25-10-4-6-12-28(25)35)18-13-15-23-21(17-18)20-7-1-2-8-22(20)32-23/h1-17H. The van der Waals surface area contributed by atoms with Crippen molar-refractivity contribution in [3.05, 3.63) is 103 Å². The van der Waals surface area contributed by atoms with Crippen molar-refractivity contribution >= 4 is 45.0 Å². The summed E-state index contributed by atoms with van der Waals surface area (Å²) in [6.07, 6.45) is 0. The molecule has 35 heavy (non-hydrogen) atoms. The SMILES string of the molecule is O=P12c3ccccc3Oc3ccc(-c4ccc5oc6ccccc6c5c4)c(c31)Oc1ccccc12. The van der Waals surface area contributed by atoms with E-state index in [9.17, 15) is 0 Å². The van der Waals surface area contributed by atoms with E-state index in [-0.39, 0.29) is 0 Å². The van der Waals surface area contributed by atoms with Crippen LogP contribution in [0.25, 0.3) is 33.1 Å². The quantitative estimate of drug-likeness (QED) is 0.239. The van der Waals surface area contributed by atoms with Gasteiger partial charge in [0.25, 0.3) is 0 Å². The van der Waals surface area contributed by atoms with E-state index in [2.05, 4.69) is 12.1 Å². The van der Waals surface area contributed by atoms with Crippen LogP contribution < -0.4 is 25.4 Å². The monoisotopic (exact) mass is 472 g/mol. The van der Waals surface area contributed by atoms with E-state index in [4.69, 9.17) is 13.9 Å². The van der Waals surface area contributed by atoms with Crippen LogP contribution in [0.3, 0.4) is 0 Å². The Balaban J connectivity index is 1.44. The van der Waals surface area contributed by atoms with Gasteiger partial charge in [0.15, 0.2) is 7.14 Å². The van der Waals surface area contributed by atoms with Gasteiger partial charge in [-0.3, -0.25) is 0 Å². The Kier molecular flexibility index (Phi) is 3.63. The Morgan fingerprint density at radius 2 is 1.26 bits per heavy atom. The van der Waals surface area contributed by atoms with Crippen LogP contribution in [0.1, 0.15) is 0 Å². The molecule has 0 saturated heterocycles. The molecule has 0 N–H and O–H groups in total. The lowest BCUT2D eigenvalue weighted by molar-refractivity contribution is 0.463. The minimum Gasteiger partial charge on any atom is -0.456 e. The van der Waals surface area contributed by atoms with Crippen LogP contribution in [0.5, 0.6) is 23.0 Å². The number of rotatable bonds is 1. The number of hydrogen-bond acceptors (Lipinski definition) is 4. The van der Waals surface area contributed by atoms with Gasteiger partial charge in [0.05, 0.1) is 10.6 Å². The van der Waals surface area contributed by atoms with Crippen LogP contribution in [0.15, 0.2) is 108 Å². The smallest absolute Gasteiger partial charge is 0.185 e. The van der Waals surface area contributed by atoms with Gasteiger partial charge in [-0.05, 0) is 60.2 Å². The molecule has 166 valence electrons. The van der Waals surface area contributed by atoms with Crippen molar-refractivity contribution in [3.63, 3.8) is 0 Å². The number of hydrogen-bond donors (Lipinski definition) is 0. The molecule has 8 rings (SSSR count). The first-order valence-corrected chi connectivity index (χ1v) is 13.2. The average molecular weight is 472 g/mol. The molecule has 4 nitrogen and oxygen atoms in total. The third-order valence-corrected chi connectivity index (χ3v) is 10.1. The Labute approximate surface area is 200 Å². The van der Waals surface area contributed by atoms with E-state index in [1.165, 1.54) is 0 Å². The third kappa shape index (κ3) is 2.44. The first-order chi connectivity index (χ1) is 17.2. The van der Waals surface area contributed by atoms with Crippen molar-refractivity contribution in [2.24, 2.45) is 0 Å². The maximum atomic E-state index is 15.1. The number of fused-ring (bicyclic) bond motifs is 7. The Hall–Kier alpha value is -4.27. The molecule has 1 unspecified atom stereocenters. The summed E-state index contributed by atoms with van der Waals surface area (Å²) < 4.78 is 33.9. The average Bonchev–Trinajstić information content (AvgIpc) is 3.27. The van der Waals surface area contributed by atoms with Gasteiger partial charge in [-0.2, -0.15) is 0 Å². The molecular formula is C30H17O4P. The van der Waals surface area contributed by atoms with Gasteiger partial charge < -0.3 is 18.5 Å². The van der Waals surface area contributed by atoms with Crippen molar-refractivity contribution in [2.45, 2.75) is 0 Å². The first-order valence-electron chi connectivity index (χ1n) is 11.5. The summed E-state index contributed by atoms with van der Waals surface area (Å²) in [5.74, 6) is 2.42. The van der Waals surface area contributed by atoms with Crippen LogP contribution in [0.2, 0.25) is 0 Å². The highest BCUT2D eigenvalue weighted by Crippen LogP contribution is 2.59. The lowest BCUT2D eigenvalue weighted by Crippen LogP contribution is -2.35. The highest BCUT2D eigenvalue weighted by molar-refractivity contribution is 7.86. The molecule has 1 atom stereocenters. The van der Waals surface area contributed by atoms with Crippen molar-refractivity contribution in [3.8, 4) is 34.1 Å². The van der Waals surface area contributed by atoms with E-state index >= 15 is 4.57 Å². The summed E-state index contributed by atoms with van der Waals surface area (Å²) >= 11 is 0. The second-order valence-electron chi connectivity index (χ2n) is 8.85. The van der Waals surface area contributed by atoms with Crippen LogP contribution in [0, 0.1) is 0 Å². The minimum atomic E-state index is -3.21. The molecule has 0 fully saturated rings. The molecule has 5 heteroatoms. The van der Waals surface area contributed by atoms with Crippen molar-refractivity contribution in [1.29, 1.82) is 0 Å². The molecule has 2 aliphatic heterocycles. The van der Waals surface area contributed by atoms with Crippen molar-refractivity contribution in [1.82, 2.24) is 0 Å². The lowest BCUT2D eigenvalue weighted by Gasteiger charge is -2.35. The fourth-order valence-corrected chi connectivity index (χ4v) is 8.44. The third-order valence-electron chi connectivity index (χ3n) is 6.94. The van der Waals surface area contributed by atoms with Crippen LogP contribution in [-0.4, -0.2) is 0 Å². The maximum Gasteiger partial charge on any atom is 0.185 e. The number of furan rings is 1. The molecule has 0 aliphatic carbocycles. The fraction of sp³-hybridized carbons (Fsp3) is 0. The summed E-state index contributed by atoms with van der Waals surface area (Å²) in [4.78, 5) is 0. The van der Waals surface area contributed by atoms with Gasteiger partial charge in [-0.25, -0.2) is 0 Å². The van der Waals surface area contributed by atoms with Gasteiger partial charge in [-0.15, -0.1) is 0 Å². The molecule has 0 bridgehead atoms. The topological polar surface area (TPSA) is 48.7 Å². The summed E-state index contributed by atoms with van der Waals surface area (Å²) in [7, 11) is -3.21. The molecule has 3 heterocycles. The number of ether oxygens (including phenoxy) is 2. The zero-order valence-electron chi connectivity index (χ0n) is 18.4. The normalized spacial score (nSPS) is 17.3. The van der Waals surface area contributed by atoms with Crippen LogP contribution in [0.4, 0.5) is 0 Å². The number of para-hydroxylation sites is 3. The maximum absolute atomic E-state index is 15.1. The summed E-state index contributed by atoms with van der Waals surface area (Å²) in [5.41, 5.74) is 3.52. The molecule has 5 aromatic carbocycles. The molecule has 0 spiro atoms. The molecular weight excluding hydrogens is 455 g/mol. The van der Waals surface area contributed by atoms with Gasteiger partial charge in [0.1, 0.15) is 39.5 Å². The van der Waals surface area contributed by atoms with Crippen molar-refractivity contribution in [2.75, 3.05) is 0 Å². The lowest BCUT2D eigenvalue weighted by atomic mass is 10.0. The Bertz CT molecular complexity index is 1880. The van der Waals surface area contributed by atoms with Crippen LogP contribution in [-0.2, 0) is 4.57 Å². The highest BCUT2D eigenvalue weighted by atomic mass is 31.2. The molecule has 0 amide bonds. The Morgan fingerprint density at radius 3 is 2.09 bits per heavy atom. The fourth-order valence-electron chi connectivity index (χ4n) is 5.36. The zero-order valence-corrected chi connectivity index (χ0v) is 19.3. The second kappa shape index (κ2) is 6.65. The predicted octanol–water partition coefficient (Wildman–Crippen LogP) is 7.10. The van der Waals surface area contributed by atoms with Crippen molar-refractivity contribution < 1.29 is 18.5 Å².